The minimum absolute atomic E-state index is 0.642. The molecule has 2 nitrogen and oxygen atoms in total. The van der Waals surface area contributed by atoms with Crippen LogP contribution >= 0.6 is 12.6 Å². The summed E-state index contributed by atoms with van der Waals surface area (Å²) in [7, 11) is 0. The smallest absolute Gasteiger partial charge is 0.0718 e. The van der Waals surface area contributed by atoms with Gasteiger partial charge in [-0.15, -0.1) is 0 Å². The molecule has 0 heterocycles. The van der Waals surface area contributed by atoms with E-state index >= 15 is 0 Å². The summed E-state index contributed by atoms with van der Waals surface area (Å²) < 4.78 is 10.6. The molecule has 0 atom stereocenters. The van der Waals surface area contributed by atoms with Crippen LogP contribution in [0.2, 0.25) is 0 Å². The minimum Gasteiger partial charge on any atom is -0.378 e. The van der Waals surface area contributed by atoms with Crippen molar-refractivity contribution < 1.29 is 9.47 Å². The molecule has 0 radical (unpaired) electrons. The van der Waals surface area contributed by atoms with Gasteiger partial charge in [-0.2, -0.15) is 12.6 Å². The molecule has 0 saturated carbocycles. The van der Waals surface area contributed by atoms with Gasteiger partial charge >= 0.3 is 0 Å². The third kappa shape index (κ3) is 5.27. The highest BCUT2D eigenvalue weighted by molar-refractivity contribution is 7.80. The Morgan fingerprint density at radius 1 is 0.929 bits per heavy atom. The number of thiol groups is 1. The lowest BCUT2D eigenvalue weighted by molar-refractivity contribution is 0.0462. The molecule has 3 heteroatoms. The van der Waals surface area contributed by atoms with E-state index in [1.165, 1.54) is 5.56 Å². The SMILES string of the molecule is SCCOCCOCc1ccccc1. The van der Waals surface area contributed by atoms with Gasteiger partial charge in [-0.3, -0.25) is 0 Å². The summed E-state index contributed by atoms with van der Waals surface area (Å²) in [5.41, 5.74) is 1.20. The zero-order valence-electron chi connectivity index (χ0n) is 8.19. The van der Waals surface area contributed by atoms with Crippen LogP contribution in [0.5, 0.6) is 0 Å². The van der Waals surface area contributed by atoms with Crippen molar-refractivity contribution in [1.82, 2.24) is 0 Å². The molecule has 0 spiro atoms. The Bertz CT molecular complexity index is 226. The summed E-state index contributed by atoms with van der Waals surface area (Å²) in [6.45, 7) is 2.64. The normalized spacial score (nSPS) is 10.4. The van der Waals surface area contributed by atoms with E-state index in [9.17, 15) is 0 Å². The number of hydrogen-bond donors (Lipinski definition) is 1. The van der Waals surface area contributed by atoms with Crippen molar-refractivity contribution in [2.75, 3.05) is 25.6 Å². The summed E-state index contributed by atoms with van der Waals surface area (Å²) in [4.78, 5) is 0. The Hall–Kier alpha value is -0.510. The van der Waals surface area contributed by atoms with Gasteiger partial charge in [-0.25, -0.2) is 0 Å². The third-order valence-electron chi connectivity index (χ3n) is 1.72. The lowest BCUT2D eigenvalue weighted by Crippen LogP contribution is -2.05. The van der Waals surface area contributed by atoms with E-state index in [0.717, 1.165) is 5.75 Å². The second kappa shape index (κ2) is 7.85. The van der Waals surface area contributed by atoms with Crippen LogP contribution in [0.15, 0.2) is 30.3 Å². The molecule has 0 fully saturated rings. The van der Waals surface area contributed by atoms with Crippen LogP contribution in [-0.4, -0.2) is 25.6 Å². The fourth-order valence-corrected chi connectivity index (χ4v) is 1.18. The molecule has 1 aromatic carbocycles. The van der Waals surface area contributed by atoms with Gasteiger partial charge < -0.3 is 9.47 Å². The molecule has 0 N–H and O–H groups in total. The molecule has 78 valence electrons. The first-order chi connectivity index (χ1) is 6.93. The van der Waals surface area contributed by atoms with Crippen molar-refractivity contribution in [3.63, 3.8) is 0 Å². The van der Waals surface area contributed by atoms with Crippen LogP contribution in [0.3, 0.4) is 0 Å². The average Bonchev–Trinajstić information content (AvgIpc) is 2.25. The molecular weight excluding hydrogens is 196 g/mol. The number of rotatable bonds is 7. The molecule has 1 aromatic rings. The molecule has 0 aliphatic heterocycles. The van der Waals surface area contributed by atoms with E-state index in [1.54, 1.807) is 0 Å². The van der Waals surface area contributed by atoms with Crippen LogP contribution in [-0.2, 0) is 16.1 Å². The highest BCUT2D eigenvalue weighted by atomic mass is 32.1. The molecule has 0 amide bonds. The number of benzene rings is 1. The van der Waals surface area contributed by atoms with Gasteiger partial charge in [0.05, 0.1) is 26.4 Å². The van der Waals surface area contributed by atoms with E-state index in [2.05, 4.69) is 24.8 Å². The van der Waals surface area contributed by atoms with Crippen LogP contribution in [0.4, 0.5) is 0 Å². The van der Waals surface area contributed by atoms with Crippen LogP contribution in [0.1, 0.15) is 5.56 Å². The van der Waals surface area contributed by atoms with E-state index in [0.29, 0.717) is 26.4 Å². The molecule has 0 aliphatic carbocycles. The molecule has 0 aromatic heterocycles. The van der Waals surface area contributed by atoms with E-state index in [4.69, 9.17) is 9.47 Å². The second-order valence-electron chi connectivity index (χ2n) is 2.87. The molecule has 14 heavy (non-hydrogen) atoms. The van der Waals surface area contributed by atoms with E-state index in [-0.39, 0.29) is 0 Å². The fourth-order valence-electron chi connectivity index (χ4n) is 1.05. The van der Waals surface area contributed by atoms with Gasteiger partial charge in [-0.05, 0) is 5.56 Å². The van der Waals surface area contributed by atoms with Crippen LogP contribution in [0.25, 0.3) is 0 Å². The average molecular weight is 212 g/mol. The summed E-state index contributed by atoms with van der Waals surface area (Å²) >= 11 is 4.04. The maximum atomic E-state index is 5.42. The van der Waals surface area contributed by atoms with Crippen LogP contribution < -0.4 is 0 Å². The molecule has 0 unspecified atom stereocenters. The summed E-state index contributed by atoms with van der Waals surface area (Å²) in [6.07, 6.45) is 0. The third-order valence-corrected chi connectivity index (χ3v) is 1.90. The summed E-state index contributed by atoms with van der Waals surface area (Å²) in [5.74, 6) is 0.763. The highest BCUT2D eigenvalue weighted by Gasteiger charge is 1.91. The highest BCUT2D eigenvalue weighted by Crippen LogP contribution is 1.99. The van der Waals surface area contributed by atoms with E-state index < -0.39 is 0 Å². The number of ether oxygens (including phenoxy) is 2. The van der Waals surface area contributed by atoms with Gasteiger partial charge in [-0.1, -0.05) is 30.3 Å². The Morgan fingerprint density at radius 2 is 1.64 bits per heavy atom. The lowest BCUT2D eigenvalue weighted by Gasteiger charge is -2.04. The first kappa shape index (κ1) is 11.6. The maximum absolute atomic E-state index is 5.42. The van der Waals surface area contributed by atoms with Crippen molar-refractivity contribution in [3.8, 4) is 0 Å². The minimum atomic E-state index is 0.642. The molecule has 0 aliphatic rings. The number of hydrogen-bond acceptors (Lipinski definition) is 3. The summed E-state index contributed by atoms with van der Waals surface area (Å²) in [5, 5.41) is 0. The largest absolute Gasteiger partial charge is 0.378 e. The van der Waals surface area contributed by atoms with Gasteiger partial charge in [0.1, 0.15) is 0 Å². The first-order valence-electron chi connectivity index (χ1n) is 4.74. The topological polar surface area (TPSA) is 18.5 Å². The van der Waals surface area contributed by atoms with E-state index in [1.807, 2.05) is 18.2 Å². The van der Waals surface area contributed by atoms with Crippen molar-refractivity contribution >= 4 is 12.6 Å². The second-order valence-corrected chi connectivity index (χ2v) is 3.32. The fraction of sp³-hybridized carbons (Fsp3) is 0.455. The Balaban J connectivity index is 1.99. The molecule has 0 bridgehead atoms. The van der Waals surface area contributed by atoms with Crippen LogP contribution in [0, 0.1) is 0 Å². The molecular formula is C11H16O2S. The lowest BCUT2D eigenvalue weighted by atomic mass is 10.2. The Morgan fingerprint density at radius 3 is 2.36 bits per heavy atom. The van der Waals surface area contributed by atoms with Crippen molar-refractivity contribution in [3.05, 3.63) is 35.9 Å². The standard InChI is InChI=1S/C11H16O2S/c14-9-8-12-6-7-13-10-11-4-2-1-3-5-11/h1-5,14H,6-10H2. The van der Waals surface area contributed by atoms with Crippen molar-refractivity contribution in [2.45, 2.75) is 6.61 Å². The Kier molecular flexibility index (Phi) is 6.49. The van der Waals surface area contributed by atoms with Gasteiger partial charge in [0.25, 0.3) is 0 Å². The van der Waals surface area contributed by atoms with Gasteiger partial charge in [0.15, 0.2) is 0 Å². The first-order valence-corrected chi connectivity index (χ1v) is 5.37. The predicted molar refractivity (Wildman–Crippen MR) is 60.8 cm³/mol. The van der Waals surface area contributed by atoms with Gasteiger partial charge in [0.2, 0.25) is 0 Å². The maximum Gasteiger partial charge on any atom is 0.0718 e. The predicted octanol–water partition coefficient (Wildman–Crippen LogP) is 2.15. The monoisotopic (exact) mass is 212 g/mol. The quantitative estimate of drug-likeness (QED) is 0.551. The zero-order valence-corrected chi connectivity index (χ0v) is 9.08. The van der Waals surface area contributed by atoms with Gasteiger partial charge in [0, 0.05) is 5.75 Å². The summed E-state index contributed by atoms with van der Waals surface area (Å²) in [6, 6.07) is 10.1. The molecule has 1 rings (SSSR count). The Labute approximate surface area is 90.6 Å². The zero-order chi connectivity index (χ0) is 10.1. The van der Waals surface area contributed by atoms with Crippen molar-refractivity contribution in [2.24, 2.45) is 0 Å². The van der Waals surface area contributed by atoms with Crippen molar-refractivity contribution in [1.29, 1.82) is 0 Å². The molecule has 0 saturated heterocycles.